The Morgan fingerprint density at radius 3 is 1.67 bits per heavy atom. The molecule has 0 aromatic heterocycles. The molecule has 20 heteroatoms. The highest BCUT2D eigenvalue weighted by Crippen LogP contribution is 2.59. The van der Waals surface area contributed by atoms with Crippen molar-refractivity contribution in [2.24, 2.45) is 51.2 Å². The van der Waals surface area contributed by atoms with Gasteiger partial charge in [0.1, 0.15) is 42.7 Å². The first-order chi connectivity index (χ1) is 37.8. The molecule has 0 amide bonds. The van der Waals surface area contributed by atoms with E-state index >= 15 is 0 Å². The molecular formula is C62H100O20. The summed E-state index contributed by atoms with van der Waals surface area (Å²) in [6.45, 7) is 34.5. The van der Waals surface area contributed by atoms with Crippen LogP contribution in [0.5, 0.6) is 0 Å². The third-order valence-corrected chi connectivity index (χ3v) is 19.2. The van der Waals surface area contributed by atoms with Crippen LogP contribution in [-0.4, -0.2) is 145 Å². The standard InChI is InChI=1S/C18H30O7.C16H22O6.C16H26O3.C12H22O4/c1-8-16(2,3)15(19)22-12-11(10-9-20-17(4,5)23-10)21-14-13(12)24-18(6,7)25-14;1-4-16(2,3)15(19)20-7-11(17)21-12-8-5-9-10(6-8)14(18)22-13(9)12;1-4-14(2,3)13(17)19-16-8-11-5-12(9-16)7-15(18,6-11)10-16;1-6-11(2,3)10(13)14-7-9-8-15-12(4,5)16-9/h10-14H,8-9H2,1-7H3;8-10,12-13H,4-7H2,1-3H3;11-12,18H,4-10H2,1-3H3;9H,6-8H2,1-5H3. The summed E-state index contributed by atoms with van der Waals surface area (Å²) in [7, 11) is 0. The van der Waals surface area contributed by atoms with Gasteiger partial charge in [-0.05, 0) is 179 Å². The lowest BCUT2D eigenvalue weighted by Gasteiger charge is -2.59. The molecule has 82 heavy (non-hydrogen) atoms. The van der Waals surface area contributed by atoms with E-state index in [1.807, 2.05) is 111 Å². The van der Waals surface area contributed by atoms with E-state index in [0.717, 1.165) is 51.4 Å². The summed E-state index contributed by atoms with van der Waals surface area (Å²) in [6.07, 6.45) is 6.79. The Kier molecular flexibility index (Phi) is 19.6. The van der Waals surface area contributed by atoms with Crippen LogP contribution in [0.1, 0.15) is 202 Å². The summed E-state index contributed by atoms with van der Waals surface area (Å²) in [5, 5.41) is 10.6. The highest BCUT2D eigenvalue weighted by molar-refractivity contribution is 5.81. The van der Waals surface area contributed by atoms with E-state index in [1.165, 1.54) is 6.42 Å². The number of fused-ring (bicyclic) bond motifs is 2. The monoisotopic (exact) mass is 1160 g/mol. The first kappa shape index (κ1) is 66.0. The van der Waals surface area contributed by atoms with Crippen molar-refractivity contribution in [1.29, 1.82) is 0 Å². The smallest absolute Gasteiger partial charge is 0.344 e. The van der Waals surface area contributed by atoms with Crippen molar-refractivity contribution in [2.45, 2.75) is 279 Å². The second kappa shape index (κ2) is 24.3. The first-order valence-electron chi connectivity index (χ1n) is 30.4. The van der Waals surface area contributed by atoms with Crippen molar-refractivity contribution in [1.82, 2.24) is 0 Å². The summed E-state index contributed by atoms with van der Waals surface area (Å²) in [4.78, 5) is 72.1. The van der Waals surface area contributed by atoms with Gasteiger partial charge in [0, 0.05) is 18.3 Å². The number of ether oxygens (including phenoxy) is 13. The fourth-order valence-electron chi connectivity index (χ4n) is 13.0. The molecular weight excluding hydrogens is 1060 g/mol. The van der Waals surface area contributed by atoms with Crippen LogP contribution in [0.15, 0.2) is 0 Å². The molecule has 0 radical (unpaired) electrons. The Morgan fingerprint density at radius 1 is 0.585 bits per heavy atom. The number of hydrogen-bond acceptors (Lipinski definition) is 20. The molecule has 6 saturated carbocycles. The second-order valence-electron chi connectivity index (χ2n) is 29.0. The summed E-state index contributed by atoms with van der Waals surface area (Å²) in [6, 6.07) is 0. The highest BCUT2D eigenvalue weighted by Gasteiger charge is 2.64. The van der Waals surface area contributed by atoms with Crippen molar-refractivity contribution in [3.8, 4) is 0 Å². The van der Waals surface area contributed by atoms with Gasteiger partial charge >= 0.3 is 35.8 Å². The minimum Gasteiger partial charge on any atom is -0.462 e. The maximum atomic E-state index is 12.6. The van der Waals surface area contributed by atoms with E-state index in [2.05, 4.69) is 0 Å². The van der Waals surface area contributed by atoms with Crippen molar-refractivity contribution in [3.05, 3.63) is 0 Å². The molecule has 13 unspecified atom stereocenters. The number of aliphatic hydroxyl groups is 1. The summed E-state index contributed by atoms with van der Waals surface area (Å²) < 4.78 is 73.1. The van der Waals surface area contributed by atoms with Crippen LogP contribution in [-0.2, 0) is 90.3 Å². The van der Waals surface area contributed by atoms with Crippen LogP contribution in [0.25, 0.3) is 0 Å². The van der Waals surface area contributed by atoms with Crippen LogP contribution >= 0.6 is 0 Å². The van der Waals surface area contributed by atoms with E-state index in [9.17, 15) is 33.9 Å². The molecule has 0 spiro atoms. The third-order valence-electron chi connectivity index (χ3n) is 19.2. The van der Waals surface area contributed by atoms with Crippen molar-refractivity contribution in [3.63, 3.8) is 0 Å². The van der Waals surface area contributed by atoms with E-state index in [1.54, 1.807) is 13.8 Å². The van der Waals surface area contributed by atoms with Crippen LogP contribution in [0, 0.1) is 51.2 Å². The molecule has 468 valence electrons. The van der Waals surface area contributed by atoms with E-state index in [4.69, 9.17) is 61.6 Å². The zero-order chi connectivity index (χ0) is 61.0. The lowest BCUT2D eigenvalue weighted by Crippen LogP contribution is -2.61. The molecule has 1 N–H and O–H groups in total. The molecule has 0 aromatic rings. The maximum absolute atomic E-state index is 12.6. The summed E-state index contributed by atoms with van der Waals surface area (Å²) in [5.74, 6) is -2.21. The number of carbonyl (C=O) groups excluding carboxylic acids is 6. The Balaban J connectivity index is 0.000000159. The zero-order valence-electron chi connectivity index (χ0n) is 52.5. The quantitative estimate of drug-likeness (QED) is 0.112. The van der Waals surface area contributed by atoms with Crippen molar-refractivity contribution < 1.29 is 95.5 Å². The van der Waals surface area contributed by atoms with Gasteiger partial charge in [-0.3, -0.25) is 24.0 Å². The van der Waals surface area contributed by atoms with Crippen LogP contribution < -0.4 is 0 Å². The van der Waals surface area contributed by atoms with Gasteiger partial charge in [-0.1, -0.05) is 27.7 Å². The molecule has 11 fully saturated rings. The van der Waals surface area contributed by atoms with Gasteiger partial charge < -0.3 is 66.7 Å². The van der Waals surface area contributed by atoms with Gasteiger partial charge in [0.2, 0.25) is 0 Å². The van der Waals surface area contributed by atoms with Gasteiger partial charge in [-0.15, -0.1) is 0 Å². The third kappa shape index (κ3) is 15.2. The molecule has 5 heterocycles. The molecule has 11 rings (SSSR count). The summed E-state index contributed by atoms with van der Waals surface area (Å²) in [5.41, 5.74) is -2.94. The maximum Gasteiger partial charge on any atom is 0.344 e. The van der Waals surface area contributed by atoms with Gasteiger partial charge in [-0.2, -0.15) is 0 Å². The van der Waals surface area contributed by atoms with Crippen molar-refractivity contribution >= 4 is 35.8 Å². The second-order valence-corrected chi connectivity index (χ2v) is 29.0. The number of rotatable bonds is 16. The first-order valence-corrected chi connectivity index (χ1v) is 30.4. The number of carbonyl (C=O) groups is 6. The van der Waals surface area contributed by atoms with Gasteiger partial charge in [0.05, 0.1) is 46.4 Å². The Labute approximate surface area is 486 Å². The van der Waals surface area contributed by atoms with E-state index < -0.39 is 81.2 Å². The normalized spacial score (nSPS) is 36.6. The SMILES string of the molecule is CCC(C)(C)C(=O)OC12CC3CC(CC(O)(C3)C1)C2.CCC(C)(C)C(=O)OC1C(C2COC(C)(C)O2)OC2OC(C)(C)OC21.CCC(C)(C)C(=O)OCC(=O)OC1C2CC3C(=O)OC1C3C2.CCC(C)(C)C(=O)OCC1COC(C)(C)O1. The number of hydrogen-bond donors (Lipinski definition) is 1. The molecule has 13 atom stereocenters. The van der Waals surface area contributed by atoms with Crippen LogP contribution in [0.3, 0.4) is 0 Å². The van der Waals surface area contributed by atoms with E-state index in [0.29, 0.717) is 44.3 Å². The molecule has 20 nitrogen and oxygen atoms in total. The number of esters is 6. The average molecular weight is 1170 g/mol. The zero-order valence-corrected chi connectivity index (χ0v) is 52.5. The fraction of sp³-hybridized carbons (Fsp3) is 0.903. The Bertz CT molecular complexity index is 2300. The molecule has 6 bridgehead atoms. The molecule has 6 aliphatic carbocycles. The predicted octanol–water partition coefficient (Wildman–Crippen LogP) is 8.99. The fourth-order valence-corrected chi connectivity index (χ4v) is 13.0. The molecule has 11 aliphatic rings. The molecule has 5 aliphatic heterocycles. The molecule has 0 aromatic carbocycles. The highest BCUT2D eigenvalue weighted by atomic mass is 16.9. The predicted molar refractivity (Wildman–Crippen MR) is 295 cm³/mol. The molecule has 5 saturated heterocycles. The Morgan fingerprint density at radius 2 is 1.13 bits per heavy atom. The minimum atomic E-state index is -0.780. The van der Waals surface area contributed by atoms with Gasteiger partial charge in [-0.25, -0.2) is 4.79 Å². The minimum absolute atomic E-state index is 0.00636. The lowest BCUT2D eigenvalue weighted by atomic mass is 9.52. The summed E-state index contributed by atoms with van der Waals surface area (Å²) >= 11 is 0. The Hall–Kier alpha value is -3.50. The van der Waals surface area contributed by atoms with Crippen LogP contribution in [0.2, 0.25) is 0 Å². The van der Waals surface area contributed by atoms with Crippen molar-refractivity contribution in [2.75, 3.05) is 26.4 Å². The topological polar surface area (TPSA) is 243 Å². The van der Waals surface area contributed by atoms with Crippen LogP contribution in [0.4, 0.5) is 0 Å². The largest absolute Gasteiger partial charge is 0.462 e. The average Bonchev–Trinajstić information content (AvgIpc) is 4.46. The van der Waals surface area contributed by atoms with Gasteiger partial charge in [0.15, 0.2) is 42.5 Å². The lowest BCUT2D eigenvalue weighted by molar-refractivity contribution is -0.236. The van der Waals surface area contributed by atoms with Gasteiger partial charge in [0.25, 0.3) is 0 Å². The van der Waals surface area contributed by atoms with E-state index in [-0.39, 0.29) is 84.9 Å².